The van der Waals surface area contributed by atoms with E-state index in [1.807, 2.05) is 0 Å². The third kappa shape index (κ3) is 4.13. The van der Waals surface area contributed by atoms with Crippen LogP contribution in [0.5, 0.6) is 0 Å². The second-order valence-electron chi connectivity index (χ2n) is 6.03. The van der Waals surface area contributed by atoms with Crippen LogP contribution in [0.2, 0.25) is 18.1 Å². The van der Waals surface area contributed by atoms with Crippen LogP contribution < -0.4 is 0 Å². The zero-order chi connectivity index (χ0) is 15.6. The minimum absolute atomic E-state index is 0.154. The molecule has 20 heavy (non-hydrogen) atoms. The Kier molecular flexibility index (Phi) is 5.51. The fraction of sp³-hybridized carbons (Fsp3) is 0.750. The highest BCUT2D eigenvalue weighted by molar-refractivity contribution is 9.10. The van der Waals surface area contributed by atoms with Crippen molar-refractivity contribution >= 4 is 30.2 Å². The highest BCUT2D eigenvalue weighted by Gasteiger charge is 2.37. The van der Waals surface area contributed by atoms with E-state index in [2.05, 4.69) is 64.6 Å². The van der Waals surface area contributed by atoms with Gasteiger partial charge in [-0.25, -0.2) is 9.48 Å². The summed E-state index contributed by atoms with van der Waals surface area (Å²) in [5.41, 5.74) is 0. The Morgan fingerprint density at radius 2 is 2.00 bits per heavy atom. The van der Waals surface area contributed by atoms with Gasteiger partial charge in [-0.15, -0.1) is 5.10 Å². The van der Waals surface area contributed by atoms with Gasteiger partial charge in [0.25, 0.3) is 0 Å². The molecule has 0 radical (unpaired) electrons. The molecule has 0 fully saturated rings. The van der Waals surface area contributed by atoms with Crippen LogP contribution in [0.15, 0.2) is 4.73 Å². The molecule has 1 aromatic rings. The number of nitrogens with zero attached hydrogens (tertiary/aromatic N) is 3. The van der Waals surface area contributed by atoms with E-state index in [-0.39, 0.29) is 10.9 Å². The molecule has 0 saturated carbocycles. The number of rotatable bonds is 5. The molecule has 0 saturated heterocycles. The SMILES string of the molecule is COC(=O)c1nc(Br)nn1CCO[Si](C)(C)C(C)(C)C. The summed E-state index contributed by atoms with van der Waals surface area (Å²) in [4.78, 5) is 15.6. The van der Waals surface area contributed by atoms with Crippen LogP contribution >= 0.6 is 15.9 Å². The molecule has 0 aromatic carbocycles. The third-order valence-electron chi connectivity index (χ3n) is 3.59. The summed E-state index contributed by atoms with van der Waals surface area (Å²) in [5.74, 6) is -0.325. The van der Waals surface area contributed by atoms with Crippen molar-refractivity contribution < 1.29 is 14.0 Å². The number of esters is 1. The fourth-order valence-electron chi connectivity index (χ4n) is 1.32. The molecule has 1 rings (SSSR count). The molecule has 0 spiro atoms. The minimum atomic E-state index is -1.79. The van der Waals surface area contributed by atoms with Crippen LogP contribution in [0.25, 0.3) is 0 Å². The maximum absolute atomic E-state index is 11.6. The molecular weight excluding hydrogens is 342 g/mol. The largest absolute Gasteiger partial charge is 0.463 e. The van der Waals surface area contributed by atoms with Gasteiger partial charge in [-0.1, -0.05) is 20.8 Å². The Hall–Kier alpha value is -0.733. The molecule has 8 heteroatoms. The summed E-state index contributed by atoms with van der Waals surface area (Å²) in [5, 5.41) is 4.27. The van der Waals surface area contributed by atoms with E-state index in [0.717, 1.165) is 0 Å². The number of aromatic nitrogens is 3. The van der Waals surface area contributed by atoms with Crippen LogP contribution in [-0.4, -0.2) is 42.8 Å². The lowest BCUT2D eigenvalue weighted by molar-refractivity contribution is 0.0578. The average Bonchev–Trinajstić information content (AvgIpc) is 2.68. The summed E-state index contributed by atoms with van der Waals surface area (Å²) in [6, 6.07) is 0. The van der Waals surface area contributed by atoms with E-state index in [1.165, 1.54) is 11.8 Å². The molecule has 0 aliphatic rings. The van der Waals surface area contributed by atoms with Gasteiger partial charge in [0.15, 0.2) is 8.32 Å². The Balaban J connectivity index is 2.70. The number of methoxy groups -OCH3 is 1. The monoisotopic (exact) mass is 363 g/mol. The second-order valence-corrected chi connectivity index (χ2v) is 11.5. The van der Waals surface area contributed by atoms with Crippen molar-refractivity contribution in [1.82, 2.24) is 14.8 Å². The summed E-state index contributed by atoms with van der Waals surface area (Å²) >= 11 is 3.16. The van der Waals surface area contributed by atoms with Crippen molar-refractivity contribution in [3.8, 4) is 0 Å². The number of halogens is 1. The second kappa shape index (κ2) is 6.36. The Morgan fingerprint density at radius 1 is 1.40 bits per heavy atom. The average molecular weight is 364 g/mol. The van der Waals surface area contributed by atoms with Crippen LogP contribution in [0.1, 0.15) is 31.4 Å². The summed E-state index contributed by atoms with van der Waals surface area (Å²) < 4.78 is 12.6. The zero-order valence-electron chi connectivity index (χ0n) is 12.9. The smallest absolute Gasteiger partial charge is 0.375 e. The Morgan fingerprint density at radius 3 is 2.50 bits per heavy atom. The van der Waals surface area contributed by atoms with E-state index in [4.69, 9.17) is 4.43 Å². The van der Waals surface area contributed by atoms with E-state index in [0.29, 0.717) is 17.9 Å². The van der Waals surface area contributed by atoms with Gasteiger partial charge in [-0.3, -0.25) is 0 Å². The topological polar surface area (TPSA) is 66.2 Å². The molecule has 0 amide bonds. The lowest BCUT2D eigenvalue weighted by Gasteiger charge is -2.36. The number of hydrogen-bond donors (Lipinski definition) is 0. The van der Waals surface area contributed by atoms with Crippen molar-refractivity contribution in [2.75, 3.05) is 13.7 Å². The maximum atomic E-state index is 11.6. The Labute approximate surface area is 129 Å². The van der Waals surface area contributed by atoms with Gasteiger partial charge < -0.3 is 9.16 Å². The number of hydrogen-bond acceptors (Lipinski definition) is 5. The van der Waals surface area contributed by atoms with Gasteiger partial charge in [0.2, 0.25) is 10.6 Å². The predicted octanol–water partition coefficient (Wildman–Crippen LogP) is 2.85. The first-order chi connectivity index (χ1) is 9.08. The van der Waals surface area contributed by atoms with Gasteiger partial charge >= 0.3 is 5.97 Å². The molecule has 114 valence electrons. The first-order valence-electron chi connectivity index (χ1n) is 6.41. The van der Waals surface area contributed by atoms with Gasteiger partial charge in [0.05, 0.1) is 20.3 Å². The molecule has 6 nitrogen and oxygen atoms in total. The van der Waals surface area contributed by atoms with E-state index >= 15 is 0 Å². The standard InChI is InChI=1S/C12H22BrN3O3Si/c1-12(2,3)20(5,6)19-8-7-16-9(10(17)18-4)14-11(13)15-16/h7-8H2,1-6H3. The number of carbonyl (C=O) groups is 1. The lowest BCUT2D eigenvalue weighted by Crippen LogP contribution is -2.41. The van der Waals surface area contributed by atoms with E-state index in [9.17, 15) is 4.79 Å². The van der Waals surface area contributed by atoms with Crippen molar-refractivity contribution in [3.05, 3.63) is 10.6 Å². The van der Waals surface area contributed by atoms with E-state index in [1.54, 1.807) is 0 Å². The van der Waals surface area contributed by atoms with Crippen LogP contribution in [0, 0.1) is 0 Å². The molecule has 0 aliphatic heterocycles. The first-order valence-corrected chi connectivity index (χ1v) is 10.1. The van der Waals surface area contributed by atoms with E-state index < -0.39 is 14.3 Å². The molecule has 0 N–H and O–H groups in total. The quantitative estimate of drug-likeness (QED) is 0.594. The van der Waals surface area contributed by atoms with Crippen molar-refractivity contribution in [1.29, 1.82) is 0 Å². The van der Waals surface area contributed by atoms with Crippen molar-refractivity contribution in [3.63, 3.8) is 0 Å². The molecule has 0 atom stereocenters. The summed E-state index contributed by atoms with van der Waals surface area (Å²) in [7, 11) is -0.473. The molecular formula is C12H22BrN3O3Si. The van der Waals surface area contributed by atoms with Gasteiger partial charge in [-0.2, -0.15) is 4.98 Å². The molecule has 0 aliphatic carbocycles. The Bertz CT molecular complexity index is 483. The molecule has 0 bridgehead atoms. The number of ether oxygens (including phenoxy) is 1. The fourth-order valence-corrected chi connectivity index (χ4v) is 2.71. The third-order valence-corrected chi connectivity index (χ3v) is 8.46. The summed E-state index contributed by atoms with van der Waals surface area (Å²) in [6.45, 7) is 11.9. The highest BCUT2D eigenvalue weighted by atomic mass is 79.9. The van der Waals surface area contributed by atoms with Crippen molar-refractivity contribution in [2.45, 2.75) is 45.4 Å². The van der Waals surface area contributed by atoms with Gasteiger partial charge in [0.1, 0.15) is 0 Å². The van der Waals surface area contributed by atoms with Crippen LogP contribution in [0.3, 0.4) is 0 Å². The molecule has 1 heterocycles. The van der Waals surface area contributed by atoms with Gasteiger partial charge in [0, 0.05) is 0 Å². The van der Waals surface area contributed by atoms with Crippen LogP contribution in [-0.2, 0) is 15.7 Å². The predicted molar refractivity (Wildman–Crippen MR) is 82.2 cm³/mol. The number of carbonyl (C=O) groups excluding carboxylic acids is 1. The lowest BCUT2D eigenvalue weighted by atomic mass is 10.2. The van der Waals surface area contributed by atoms with Crippen LogP contribution in [0.4, 0.5) is 0 Å². The highest BCUT2D eigenvalue weighted by Crippen LogP contribution is 2.36. The molecule has 0 unspecified atom stereocenters. The normalized spacial score (nSPS) is 12.6. The molecule has 1 aromatic heterocycles. The first kappa shape index (κ1) is 17.3. The minimum Gasteiger partial charge on any atom is -0.463 e. The van der Waals surface area contributed by atoms with Crippen molar-refractivity contribution in [2.24, 2.45) is 0 Å². The zero-order valence-corrected chi connectivity index (χ0v) is 15.4. The van der Waals surface area contributed by atoms with Gasteiger partial charge in [-0.05, 0) is 34.1 Å². The summed E-state index contributed by atoms with van der Waals surface area (Å²) in [6.07, 6.45) is 0. The maximum Gasteiger partial charge on any atom is 0.375 e.